The van der Waals surface area contributed by atoms with Crippen molar-refractivity contribution in [2.75, 3.05) is 75.6 Å². The molecule has 11 atom stereocenters. The van der Waals surface area contributed by atoms with Crippen LogP contribution >= 0.6 is 0 Å². The van der Waals surface area contributed by atoms with Crippen LogP contribution in [0.15, 0.2) is 0 Å². The minimum absolute atomic E-state index is 0.0254. The molecule has 0 bridgehead atoms. The molecular formula is C79H140N12O14. The lowest BCUT2D eigenvalue weighted by atomic mass is 9.84. The largest absolute Gasteiger partial charge is 0.396 e. The van der Waals surface area contributed by atoms with E-state index in [2.05, 4.69) is 21.3 Å². The Morgan fingerprint density at radius 3 is 1.29 bits per heavy atom. The van der Waals surface area contributed by atoms with Gasteiger partial charge in [0.25, 0.3) is 0 Å². The quantitative estimate of drug-likeness (QED) is 0.0656. The highest BCUT2D eigenvalue weighted by atomic mass is 16.3. The molecule has 0 unspecified atom stereocenters. The molecule has 0 aromatic heterocycles. The van der Waals surface area contributed by atoms with Crippen molar-refractivity contribution in [3.63, 3.8) is 0 Å². The van der Waals surface area contributed by atoms with E-state index in [0.717, 1.165) is 88.4 Å². The Morgan fingerprint density at radius 1 is 0.400 bits per heavy atom. The van der Waals surface area contributed by atoms with Gasteiger partial charge in [0.1, 0.15) is 60.4 Å². The zero-order valence-electron chi connectivity index (χ0n) is 67.7. The van der Waals surface area contributed by atoms with Gasteiger partial charge in [0.05, 0.1) is 12.5 Å². The second-order valence-electron chi connectivity index (χ2n) is 33.3. The van der Waals surface area contributed by atoms with E-state index in [1.165, 1.54) is 64.5 Å². The highest BCUT2D eigenvalue weighted by Gasteiger charge is 2.45. The van der Waals surface area contributed by atoms with Crippen molar-refractivity contribution in [3.8, 4) is 0 Å². The molecule has 2 aliphatic heterocycles. The van der Waals surface area contributed by atoms with Crippen molar-refractivity contribution >= 4 is 70.9 Å². The van der Waals surface area contributed by atoms with E-state index in [-0.39, 0.29) is 119 Å². The van der Waals surface area contributed by atoms with Crippen molar-refractivity contribution in [2.45, 2.75) is 316 Å². The van der Waals surface area contributed by atoms with E-state index in [4.69, 9.17) is 0 Å². The van der Waals surface area contributed by atoms with E-state index in [0.29, 0.717) is 25.9 Å². The number of carbonyl (C=O) groups excluding carboxylic acids is 12. The first-order valence-corrected chi connectivity index (χ1v) is 40.1. The van der Waals surface area contributed by atoms with Crippen LogP contribution in [0.4, 0.5) is 0 Å². The predicted octanol–water partition coefficient (Wildman–Crippen LogP) is 6.65. The minimum Gasteiger partial charge on any atom is -0.396 e. The van der Waals surface area contributed by atoms with Crippen LogP contribution < -0.4 is 21.3 Å². The van der Waals surface area contributed by atoms with E-state index >= 15 is 33.6 Å². The maximum atomic E-state index is 15.8. The Balaban J connectivity index is 1.95. The summed E-state index contributed by atoms with van der Waals surface area (Å²) in [5.74, 6) is -7.96. The van der Waals surface area contributed by atoms with Gasteiger partial charge in [0, 0.05) is 82.0 Å². The predicted molar refractivity (Wildman–Crippen MR) is 406 cm³/mol. The Hall–Kier alpha value is -6.44. The molecule has 6 N–H and O–H groups in total. The number of aliphatic hydroxyl groups is 2. The number of hydrogen-bond donors (Lipinski definition) is 6. The summed E-state index contributed by atoms with van der Waals surface area (Å²) in [6.45, 7) is 20.6. The van der Waals surface area contributed by atoms with Gasteiger partial charge in [0.2, 0.25) is 70.9 Å². The number of likely N-dealkylation sites (tertiary alicyclic amines) is 1. The summed E-state index contributed by atoms with van der Waals surface area (Å²) >= 11 is 0. The number of carbonyl (C=O) groups is 12. The Kier molecular flexibility index (Phi) is 38.8. The van der Waals surface area contributed by atoms with Crippen LogP contribution in [0.1, 0.15) is 250 Å². The number of amides is 12. The van der Waals surface area contributed by atoms with Gasteiger partial charge in [-0.05, 0) is 145 Å². The average molecular weight is 1480 g/mol. The first kappa shape index (κ1) is 90.9. The summed E-state index contributed by atoms with van der Waals surface area (Å²) in [7, 11) is 10.5. The van der Waals surface area contributed by atoms with Crippen molar-refractivity contribution in [3.05, 3.63) is 0 Å². The molecule has 26 nitrogen and oxygen atoms in total. The molecule has 105 heavy (non-hydrogen) atoms. The van der Waals surface area contributed by atoms with Crippen molar-refractivity contribution in [1.82, 2.24) is 60.5 Å². The number of piperidine rings is 1. The van der Waals surface area contributed by atoms with Crippen LogP contribution in [0.5, 0.6) is 0 Å². The molecule has 0 aromatic rings. The summed E-state index contributed by atoms with van der Waals surface area (Å²) in [6.07, 6.45) is 13.2. The molecule has 600 valence electrons. The van der Waals surface area contributed by atoms with Gasteiger partial charge in [-0.15, -0.1) is 0 Å². The number of unbranched alkanes of at least 4 members (excludes halogenated alkanes) is 1. The van der Waals surface area contributed by atoms with Crippen molar-refractivity contribution < 1.29 is 67.7 Å². The van der Waals surface area contributed by atoms with Gasteiger partial charge in [-0.3, -0.25) is 57.5 Å². The van der Waals surface area contributed by atoms with Crippen LogP contribution in [0.25, 0.3) is 0 Å². The molecule has 12 amide bonds. The molecule has 4 aliphatic rings. The molecular weight excluding hydrogens is 1340 g/mol. The summed E-state index contributed by atoms with van der Waals surface area (Å²) in [5, 5.41) is 33.2. The topological polar surface area (TPSA) is 319 Å². The van der Waals surface area contributed by atoms with Crippen molar-refractivity contribution in [2.24, 2.45) is 41.4 Å². The fourth-order valence-corrected chi connectivity index (χ4v) is 15.6. The first-order chi connectivity index (χ1) is 49.4. The lowest BCUT2D eigenvalue weighted by molar-refractivity contribution is -0.152. The third-order valence-corrected chi connectivity index (χ3v) is 22.4. The van der Waals surface area contributed by atoms with Crippen LogP contribution in [-0.4, -0.2) is 262 Å². The molecule has 4 rings (SSSR count). The molecule has 4 fully saturated rings. The third-order valence-electron chi connectivity index (χ3n) is 22.4. The van der Waals surface area contributed by atoms with Crippen LogP contribution in [0.3, 0.4) is 0 Å². The molecule has 0 spiro atoms. The van der Waals surface area contributed by atoms with Gasteiger partial charge in [0.15, 0.2) is 0 Å². The summed E-state index contributed by atoms with van der Waals surface area (Å²) in [6, 6.07) is -12.6. The Bertz CT molecular complexity index is 2820. The summed E-state index contributed by atoms with van der Waals surface area (Å²) in [5.41, 5.74) is 0. The van der Waals surface area contributed by atoms with Gasteiger partial charge in [-0.1, -0.05) is 133 Å². The maximum Gasteiger partial charge on any atom is 0.248 e. The standard InChI is InChI=1S/C79H140N12O14/c1-50(2)45-62-72(98)82-68(54(9)10)78(104)87(15)61(40-38-57-33-24-20-25-34-57)76(102)86(14)60(39-37-56-31-22-19-23-32-56)70(96)80-58(35-26-29-44-92)74(100)88(16)64(47-52(5)6)73(99)83-69(55(11)93)79(105)90(18)65(48-53(7)8)77(103)89(17)63(46-51(3)4)71(97)81-59(75(101)91-42-27-21-28-43-91)49-67(95)84(12)41-30-36-66(94)85(62)13/h50-65,68-69,92-93H,19-49H2,1-18H3,(H,80,96)(H,81,97)(H,82,98)(H,83,99)/t55-,58+,59+,60+,61+,62+,63+,64+,65+,68+,69+/m1/s1. The smallest absolute Gasteiger partial charge is 0.248 e. The van der Waals surface area contributed by atoms with Crippen LogP contribution in [0.2, 0.25) is 0 Å². The van der Waals surface area contributed by atoms with Gasteiger partial charge >= 0.3 is 0 Å². The molecule has 26 heteroatoms. The fraction of sp³-hybridized carbons (Fsp3) is 0.848. The molecule has 2 aliphatic carbocycles. The highest BCUT2D eigenvalue weighted by molar-refractivity contribution is 5.99. The number of hydrogen-bond acceptors (Lipinski definition) is 14. The van der Waals surface area contributed by atoms with Gasteiger partial charge in [-0.2, -0.15) is 0 Å². The van der Waals surface area contributed by atoms with Gasteiger partial charge < -0.3 is 70.7 Å². The lowest BCUT2D eigenvalue weighted by Crippen LogP contribution is -2.62. The van der Waals surface area contributed by atoms with Crippen LogP contribution in [-0.2, 0) is 57.5 Å². The third kappa shape index (κ3) is 27.9. The van der Waals surface area contributed by atoms with Crippen LogP contribution in [0, 0.1) is 41.4 Å². The molecule has 2 saturated carbocycles. The normalized spacial score (nSPS) is 26.9. The molecule has 0 radical (unpaired) electrons. The van der Waals surface area contributed by atoms with E-state index in [1.807, 2.05) is 55.4 Å². The van der Waals surface area contributed by atoms with E-state index in [9.17, 15) is 34.2 Å². The number of aliphatic hydroxyl groups excluding tert-OH is 2. The van der Waals surface area contributed by atoms with Crippen molar-refractivity contribution in [1.29, 1.82) is 0 Å². The number of nitrogens with zero attached hydrogens (tertiary/aromatic N) is 8. The summed E-state index contributed by atoms with van der Waals surface area (Å²) in [4.78, 5) is 192. The molecule has 2 saturated heterocycles. The van der Waals surface area contributed by atoms with E-state index < -0.39 is 150 Å². The fourth-order valence-electron chi connectivity index (χ4n) is 15.6. The Labute approximate surface area is 629 Å². The minimum atomic E-state index is -1.67. The first-order valence-electron chi connectivity index (χ1n) is 40.1. The average Bonchev–Trinajstić information content (AvgIpc) is 0.821. The zero-order chi connectivity index (χ0) is 78.7. The van der Waals surface area contributed by atoms with Gasteiger partial charge in [-0.25, -0.2) is 0 Å². The number of likely N-dealkylation sites (N-methyl/N-ethyl adjacent to an activating group) is 6. The monoisotopic (exact) mass is 1480 g/mol. The zero-order valence-corrected chi connectivity index (χ0v) is 67.7. The second kappa shape index (κ2) is 44.8. The lowest BCUT2D eigenvalue weighted by Gasteiger charge is -2.39. The number of nitrogens with one attached hydrogen (secondary N) is 4. The maximum absolute atomic E-state index is 15.8. The highest BCUT2D eigenvalue weighted by Crippen LogP contribution is 2.32. The number of rotatable bonds is 21. The summed E-state index contributed by atoms with van der Waals surface area (Å²) < 4.78 is 0. The molecule has 2 heterocycles. The Morgan fingerprint density at radius 2 is 0.800 bits per heavy atom. The van der Waals surface area contributed by atoms with E-state index in [1.54, 1.807) is 39.9 Å². The second-order valence-corrected chi connectivity index (χ2v) is 33.3. The molecule has 0 aromatic carbocycles. The SMILES string of the molecule is CC(C)C[C@H]1C(=O)N[C@@H](C(C)C)C(=O)N(C)[C@@H](CCC2CCCCC2)C(=O)N(C)[C@@H](CCC2CCCCC2)C(=O)N[C@@H](CCCCO)C(=O)N(C)[C@@H](CC(C)C)C(=O)N[C@@H]([C@@H](C)O)C(=O)N(C)[C@@H](CC(C)C)C(=O)N(C)[C@@H](CC(C)C)C(=O)N[C@H](C(=O)N2CCCCC2)CC(=O)N(C)CCCC(=O)N1C.